The maximum Gasteiger partial charge on any atom is 0.179 e. The van der Waals surface area contributed by atoms with E-state index >= 15 is 0 Å². The molecule has 0 saturated heterocycles. The third kappa shape index (κ3) is 1.39. The summed E-state index contributed by atoms with van der Waals surface area (Å²) in [4.78, 5) is 8.51. The van der Waals surface area contributed by atoms with Gasteiger partial charge in [-0.05, 0) is 24.3 Å². The van der Waals surface area contributed by atoms with E-state index in [-0.39, 0.29) is 0 Å². The topological polar surface area (TPSA) is 30.7 Å². The minimum Gasteiger partial charge on any atom is -0.286 e. The van der Waals surface area contributed by atoms with E-state index in [2.05, 4.69) is 22.6 Å². The number of thiol groups is 1. The molecular formula is C12H9N3S. The van der Waals surface area contributed by atoms with Crippen LogP contribution in [0.15, 0.2) is 53.8 Å². The molecule has 2 heterocycles. The van der Waals surface area contributed by atoms with Gasteiger partial charge in [0.15, 0.2) is 10.8 Å². The molecule has 3 nitrogen and oxygen atoms in total. The van der Waals surface area contributed by atoms with Crippen LogP contribution in [0.3, 0.4) is 0 Å². The Labute approximate surface area is 98.2 Å². The minimum absolute atomic E-state index is 0.653. The van der Waals surface area contributed by atoms with Crippen molar-refractivity contribution in [3.05, 3.63) is 48.7 Å². The summed E-state index contributed by atoms with van der Waals surface area (Å²) in [7, 11) is 0. The van der Waals surface area contributed by atoms with E-state index in [1.807, 2.05) is 47.0 Å². The summed E-state index contributed by atoms with van der Waals surface area (Å²) < 4.78 is 1.98. The number of benzene rings is 1. The Balaban J connectivity index is 2.35. The van der Waals surface area contributed by atoms with Gasteiger partial charge in [0.2, 0.25) is 0 Å². The highest BCUT2D eigenvalue weighted by Crippen LogP contribution is 2.21. The quantitative estimate of drug-likeness (QED) is 0.648. The van der Waals surface area contributed by atoms with E-state index in [1.54, 1.807) is 6.20 Å². The number of nitrogens with zero attached hydrogens (tertiary/aromatic N) is 3. The highest BCUT2D eigenvalue weighted by atomic mass is 32.1. The smallest absolute Gasteiger partial charge is 0.179 e. The van der Waals surface area contributed by atoms with Crippen molar-refractivity contribution >= 4 is 23.8 Å². The number of rotatable bonds is 1. The van der Waals surface area contributed by atoms with Crippen molar-refractivity contribution in [3.8, 4) is 5.69 Å². The zero-order valence-electron chi connectivity index (χ0n) is 8.41. The standard InChI is InChI=1S/C12H9N3S/c16-12-14-11-10(7-4-8-13-11)15(12)9-5-2-1-3-6-9/h1-8H,(H,13,14,16). The molecule has 0 bridgehead atoms. The van der Waals surface area contributed by atoms with Gasteiger partial charge in [-0.3, -0.25) is 4.57 Å². The molecule has 2 aromatic heterocycles. The molecule has 0 atom stereocenters. The molecule has 0 spiro atoms. The summed E-state index contributed by atoms with van der Waals surface area (Å²) in [5.41, 5.74) is 2.73. The Morgan fingerprint density at radius 1 is 1.00 bits per heavy atom. The SMILES string of the molecule is Sc1nc2ncccc2n1-c1ccccc1. The Morgan fingerprint density at radius 2 is 1.81 bits per heavy atom. The zero-order valence-corrected chi connectivity index (χ0v) is 9.30. The number of imidazole rings is 1. The van der Waals surface area contributed by atoms with Gasteiger partial charge >= 0.3 is 0 Å². The molecule has 3 rings (SSSR count). The van der Waals surface area contributed by atoms with Crippen molar-refractivity contribution < 1.29 is 0 Å². The summed E-state index contributed by atoms with van der Waals surface area (Å²) in [5, 5.41) is 0.653. The number of aromatic nitrogens is 3. The van der Waals surface area contributed by atoms with Gasteiger partial charge in [0.1, 0.15) is 0 Å². The van der Waals surface area contributed by atoms with Crippen LogP contribution in [0, 0.1) is 0 Å². The summed E-state index contributed by atoms with van der Waals surface area (Å²) in [6.07, 6.45) is 1.73. The summed E-state index contributed by atoms with van der Waals surface area (Å²) in [5.74, 6) is 0. The van der Waals surface area contributed by atoms with Crippen LogP contribution in [0.2, 0.25) is 0 Å². The maximum absolute atomic E-state index is 4.38. The van der Waals surface area contributed by atoms with Gasteiger partial charge in [-0.2, -0.15) is 0 Å². The summed E-state index contributed by atoms with van der Waals surface area (Å²) >= 11 is 4.38. The van der Waals surface area contributed by atoms with Crippen LogP contribution in [-0.2, 0) is 0 Å². The van der Waals surface area contributed by atoms with Crippen LogP contribution in [-0.4, -0.2) is 14.5 Å². The number of hydrogen-bond donors (Lipinski definition) is 1. The van der Waals surface area contributed by atoms with Crippen molar-refractivity contribution in [2.45, 2.75) is 5.16 Å². The van der Waals surface area contributed by atoms with Gasteiger partial charge in [0.05, 0.1) is 5.52 Å². The van der Waals surface area contributed by atoms with Crippen LogP contribution in [0.5, 0.6) is 0 Å². The second kappa shape index (κ2) is 3.64. The first-order valence-electron chi connectivity index (χ1n) is 4.94. The van der Waals surface area contributed by atoms with E-state index in [1.165, 1.54) is 0 Å². The van der Waals surface area contributed by atoms with Crippen molar-refractivity contribution in [1.29, 1.82) is 0 Å². The minimum atomic E-state index is 0.653. The van der Waals surface area contributed by atoms with E-state index in [4.69, 9.17) is 0 Å². The number of para-hydroxylation sites is 1. The molecule has 0 aliphatic heterocycles. The van der Waals surface area contributed by atoms with E-state index < -0.39 is 0 Å². The third-order valence-electron chi connectivity index (χ3n) is 2.43. The lowest BCUT2D eigenvalue weighted by Gasteiger charge is -2.04. The van der Waals surface area contributed by atoms with Crippen molar-refractivity contribution in [2.24, 2.45) is 0 Å². The second-order valence-electron chi connectivity index (χ2n) is 3.43. The van der Waals surface area contributed by atoms with Gasteiger partial charge in [0.25, 0.3) is 0 Å². The monoisotopic (exact) mass is 227 g/mol. The Hall–Kier alpha value is -1.81. The van der Waals surface area contributed by atoms with Gasteiger partial charge in [-0.15, -0.1) is 12.6 Å². The lowest BCUT2D eigenvalue weighted by molar-refractivity contribution is 0.925. The molecule has 78 valence electrons. The highest BCUT2D eigenvalue weighted by molar-refractivity contribution is 7.80. The first-order valence-corrected chi connectivity index (χ1v) is 5.39. The van der Waals surface area contributed by atoms with Crippen molar-refractivity contribution in [3.63, 3.8) is 0 Å². The average molecular weight is 227 g/mol. The first kappa shape index (κ1) is 9.42. The zero-order chi connectivity index (χ0) is 11.0. The average Bonchev–Trinajstić information content (AvgIpc) is 2.66. The lowest BCUT2D eigenvalue weighted by Crippen LogP contribution is -1.93. The Bertz CT molecular complexity index is 631. The van der Waals surface area contributed by atoms with E-state index in [0.29, 0.717) is 5.16 Å². The van der Waals surface area contributed by atoms with E-state index in [0.717, 1.165) is 16.9 Å². The van der Waals surface area contributed by atoms with Crippen molar-refractivity contribution in [2.75, 3.05) is 0 Å². The molecule has 0 unspecified atom stereocenters. The largest absolute Gasteiger partial charge is 0.286 e. The molecule has 0 saturated carbocycles. The maximum atomic E-state index is 4.38. The van der Waals surface area contributed by atoms with Gasteiger partial charge in [-0.25, -0.2) is 9.97 Å². The molecule has 0 radical (unpaired) electrons. The molecule has 4 heteroatoms. The first-order chi connectivity index (χ1) is 7.86. The van der Waals surface area contributed by atoms with Crippen LogP contribution in [0.4, 0.5) is 0 Å². The van der Waals surface area contributed by atoms with Crippen LogP contribution in [0.1, 0.15) is 0 Å². The molecule has 1 aromatic carbocycles. The van der Waals surface area contributed by atoms with Crippen molar-refractivity contribution in [1.82, 2.24) is 14.5 Å². The van der Waals surface area contributed by atoms with Gasteiger partial charge in [0, 0.05) is 11.9 Å². The predicted molar refractivity (Wildman–Crippen MR) is 66.1 cm³/mol. The molecule has 3 aromatic rings. The molecular weight excluding hydrogens is 218 g/mol. The molecule has 0 aliphatic rings. The van der Waals surface area contributed by atoms with Crippen LogP contribution >= 0.6 is 12.6 Å². The second-order valence-corrected chi connectivity index (χ2v) is 3.83. The Morgan fingerprint density at radius 3 is 2.62 bits per heavy atom. The molecule has 0 N–H and O–H groups in total. The lowest BCUT2D eigenvalue weighted by atomic mass is 10.3. The molecule has 16 heavy (non-hydrogen) atoms. The highest BCUT2D eigenvalue weighted by Gasteiger charge is 2.09. The molecule has 0 fully saturated rings. The van der Waals surface area contributed by atoms with Gasteiger partial charge in [-0.1, -0.05) is 18.2 Å². The predicted octanol–water partition coefficient (Wildman–Crippen LogP) is 2.71. The molecule has 0 aliphatic carbocycles. The fourth-order valence-electron chi connectivity index (χ4n) is 1.73. The summed E-state index contributed by atoms with van der Waals surface area (Å²) in [6, 6.07) is 13.9. The van der Waals surface area contributed by atoms with Gasteiger partial charge < -0.3 is 0 Å². The number of hydrogen-bond acceptors (Lipinski definition) is 3. The van der Waals surface area contributed by atoms with E-state index in [9.17, 15) is 0 Å². The normalized spacial score (nSPS) is 10.8. The number of pyridine rings is 1. The fraction of sp³-hybridized carbons (Fsp3) is 0. The van der Waals surface area contributed by atoms with Crippen LogP contribution < -0.4 is 0 Å². The molecule has 0 amide bonds. The third-order valence-corrected chi connectivity index (χ3v) is 2.73. The Kier molecular flexibility index (Phi) is 2.15. The fourth-order valence-corrected chi connectivity index (χ4v) is 2.05. The van der Waals surface area contributed by atoms with Crippen LogP contribution in [0.25, 0.3) is 16.9 Å². The number of fused-ring (bicyclic) bond motifs is 1. The summed E-state index contributed by atoms with van der Waals surface area (Å²) in [6.45, 7) is 0.